The fraction of sp³-hybridized carbons (Fsp3) is 0.632. The molecule has 2 aliphatic rings. The first-order valence-electron chi connectivity index (χ1n) is 8.68. The van der Waals surface area contributed by atoms with E-state index >= 15 is 0 Å². The number of morpholine rings is 1. The van der Waals surface area contributed by atoms with Gasteiger partial charge in [-0.3, -0.25) is 9.69 Å². The molecule has 2 heterocycles. The van der Waals surface area contributed by atoms with Gasteiger partial charge in [-0.25, -0.2) is 0 Å². The number of ether oxygens (including phenoxy) is 1. The van der Waals surface area contributed by atoms with E-state index in [1.165, 1.54) is 24.9 Å². The molecule has 0 unspecified atom stereocenters. The molecule has 4 nitrogen and oxygen atoms in total. The number of nitrogens with one attached hydrogen (secondary N) is 1. The summed E-state index contributed by atoms with van der Waals surface area (Å²) in [6, 6.07) is 8.51. The highest BCUT2D eigenvalue weighted by atomic mass is 16.5. The average Bonchev–Trinajstić information content (AvgIpc) is 2.99. The molecule has 2 aliphatic heterocycles. The van der Waals surface area contributed by atoms with E-state index in [2.05, 4.69) is 31.0 Å². The standard InChI is InChI=1S/C19H28N2O2/c1-19(2,3)15-8-6-14(7-9-15)18(22)20-11-17-12-21-10-4-5-16(21)13-23-17/h6-9,16-17H,4-5,10-13H2,1-3H3,(H,20,22)/t16-,17-/m0/s1. The zero-order valence-corrected chi connectivity index (χ0v) is 14.5. The average molecular weight is 316 g/mol. The van der Waals surface area contributed by atoms with E-state index in [-0.39, 0.29) is 17.4 Å². The lowest BCUT2D eigenvalue weighted by Crippen LogP contribution is -2.50. The molecular weight excluding hydrogens is 288 g/mol. The third-order valence-corrected chi connectivity index (χ3v) is 4.96. The van der Waals surface area contributed by atoms with Crippen molar-refractivity contribution in [3.8, 4) is 0 Å². The maximum atomic E-state index is 12.3. The summed E-state index contributed by atoms with van der Waals surface area (Å²) in [6.45, 7) is 10.0. The van der Waals surface area contributed by atoms with Crippen LogP contribution < -0.4 is 5.32 Å². The Morgan fingerprint density at radius 2 is 2.04 bits per heavy atom. The van der Waals surface area contributed by atoms with Crippen LogP contribution in [0.3, 0.4) is 0 Å². The van der Waals surface area contributed by atoms with E-state index in [1.54, 1.807) is 0 Å². The number of benzene rings is 1. The van der Waals surface area contributed by atoms with Gasteiger partial charge in [-0.15, -0.1) is 0 Å². The fourth-order valence-corrected chi connectivity index (χ4v) is 3.44. The van der Waals surface area contributed by atoms with Crippen LogP contribution in [0, 0.1) is 0 Å². The second kappa shape index (κ2) is 6.62. The van der Waals surface area contributed by atoms with Gasteiger partial charge in [0.2, 0.25) is 0 Å². The highest BCUT2D eigenvalue weighted by molar-refractivity contribution is 5.94. The van der Waals surface area contributed by atoms with Gasteiger partial charge < -0.3 is 10.1 Å². The number of fused-ring (bicyclic) bond motifs is 1. The zero-order valence-electron chi connectivity index (χ0n) is 14.5. The number of amides is 1. The van der Waals surface area contributed by atoms with Gasteiger partial charge in [0.15, 0.2) is 0 Å². The Bertz CT molecular complexity index is 547. The molecule has 0 radical (unpaired) electrons. The van der Waals surface area contributed by atoms with Crippen LogP contribution in [-0.4, -0.2) is 49.2 Å². The smallest absolute Gasteiger partial charge is 0.251 e. The van der Waals surface area contributed by atoms with Crippen LogP contribution in [0.15, 0.2) is 24.3 Å². The SMILES string of the molecule is CC(C)(C)c1ccc(C(=O)NC[C@H]2CN3CCC[C@H]3CO2)cc1. The first kappa shape index (κ1) is 16.5. The van der Waals surface area contributed by atoms with Gasteiger partial charge in [0.1, 0.15) is 0 Å². The van der Waals surface area contributed by atoms with Crippen LogP contribution in [0.2, 0.25) is 0 Å². The summed E-state index contributed by atoms with van der Waals surface area (Å²) >= 11 is 0. The second-order valence-electron chi connectivity index (χ2n) is 7.78. The molecule has 2 atom stereocenters. The maximum absolute atomic E-state index is 12.3. The minimum absolute atomic E-state index is 0.0161. The molecule has 0 saturated carbocycles. The van der Waals surface area contributed by atoms with Gasteiger partial charge in [-0.05, 0) is 42.5 Å². The van der Waals surface area contributed by atoms with Crippen LogP contribution in [0.1, 0.15) is 49.5 Å². The summed E-state index contributed by atoms with van der Waals surface area (Å²) in [6.07, 6.45) is 2.63. The summed E-state index contributed by atoms with van der Waals surface area (Å²) in [5.41, 5.74) is 2.06. The zero-order chi connectivity index (χ0) is 16.4. The van der Waals surface area contributed by atoms with Crippen molar-refractivity contribution in [2.24, 2.45) is 0 Å². The van der Waals surface area contributed by atoms with Crippen molar-refractivity contribution < 1.29 is 9.53 Å². The molecule has 0 aromatic heterocycles. The highest BCUT2D eigenvalue weighted by Gasteiger charge is 2.32. The molecule has 1 amide bonds. The Balaban J connectivity index is 1.51. The molecule has 0 aliphatic carbocycles. The van der Waals surface area contributed by atoms with E-state index in [0.717, 1.165) is 13.2 Å². The predicted octanol–water partition coefficient (Wildman–Crippen LogP) is 2.58. The van der Waals surface area contributed by atoms with Crippen molar-refractivity contribution in [3.05, 3.63) is 35.4 Å². The fourth-order valence-electron chi connectivity index (χ4n) is 3.44. The van der Waals surface area contributed by atoms with Gasteiger partial charge in [-0.2, -0.15) is 0 Å². The van der Waals surface area contributed by atoms with Crippen molar-refractivity contribution in [3.63, 3.8) is 0 Å². The Labute approximate surface area is 139 Å². The molecule has 23 heavy (non-hydrogen) atoms. The number of carbonyl (C=O) groups is 1. The quantitative estimate of drug-likeness (QED) is 0.932. The summed E-state index contributed by atoms with van der Waals surface area (Å²) in [4.78, 5) is 14.8. The molecule has 3 rings (SSSR count). The first-order chi connectivity index (χ1) is 10.9. The Morgan fingerprint density at radius 1 is 1.30 bits per heavy atom. The lowest BCUT2D eigenvalue weighted by molar-refractivity contribution is -0.0461. The first-order valence-corrected chi connectivity index (χ1v) is 8.68. The number of carbonyl (C=O) groups excluding carboxylic acids is 1. The molecule has 1 N–H and O–H groups in total. The number of nitrogens with zero attached hydrogens (tertiary/aromatic N) is 1. The van der Waals surface area contributed by atoms with Crippen molar-refractivity contribution >= 4 is 5.91 Å². The Morgan fingerprint density at radius 3 is 2.74 bits per heavy atom. The summed E-state index contributed by atoms with van der Waals surface area (Å²) in [5.74, 6) is -0.0161. The molecule has 4 heteroatoms. The summed E-state index contributed by atoms with van der Waals surface area (Å²) in [5, 5.41) is 3.02. The number of hydrogen-bond donors (Lipinski definition) is 1. The van der Waals surface area contributed by atoms with Crippen molar-refractivity contribution in [2.75, 3.05) is 26.2 Å². The molecular formula is C19H28N2O2. The second-order valence-corrected chi connectivity index (χ2v) is 7.78. The minimum atomic E-state index is -0.0161. The lowest BCUT2D eigenvalue weighted by atomic mass is 9.87. The minimum Gasteiger partial charge on any atom is -0.373 e. The van der Waals surface area contributed by atoms with E-state index in [1.807, 2.05) is 24.3 Å². The van der Waals surface area contributed by atoms with Gasteiger partial charge >= 0.3 is 0 Å². The number of rotatable bonds is 3. The Kier molecular flexibility index (Phi) is 4.74. The van der Waals surface area contributed by atoms with E-state index < -0.39 is 0 Å². The van der Waals surface area contributed by atoms with Crippen LogP contribution >= 0.6 is 0 Å². The third-order valence-electron chi connectivity index (χ3n) is 4.96. The van der Waals surface area contributed by atoms with E-state index in [4.69, 9.17) is 4.74 Å². The lowest BCUT2D eigenvalue weighted by Gasteiger charge is -2.35. The molecule has 2 saturated heterocycles. The van der Waals surface area contributed by atoms with Gasteiger partial charge in [-0.1, -0.05) is 32.9 Å². The Hall–Kier alpha value is -1.39. The van der Waals surface area contributed by atoms with Crippen LogP contribution in [0.5, 0.6) is 0 Å². The van der Waals surface area contributed by atoms with Crippen molar-refractivity contribution in [1.82, 2.24) is 10.2 Å². The normalized spacial score (nSPS) is 25.2. The maximum Gasteiger partial charge on any atom is 0.251 e. The van der Waals surface area contributed by atoms with E-state index in [0.29, 0.717) is 18.2 Å². The van der Waals surface area contributed by atoms with E-state index in [9.17, 15) is 4.79 Å². The van der Waals surface area contributed by atoms with Crippen LogP contribution in [-0.2, 0) is 10.2 Å². The van der Waals surface area contributed by atoms with Gasteiger partial charge in [0.05, 0.1) is 12.7 Å². The monoisotopic (exact) mass is 316 g/mol. The molecule has 1 aromatic rings. The molecule has 0 bridgehead atoms. The largest absolute Gasteiger partial charge is 0.373 e. The number of hydrogen-bond acceptors (Lipinski definition) is 3. The van der Waals surface area contributed by atoms with Crippen LogP contribution in [0.25, 0.3) is 0 Å². The molecule has 126 valence electrons. The molecule has 2 fully saturated rings. The van der Waals surface area contributed by atoms with Gasteiger partial charge in [0, 0.05) is 24.7 Å². The molecule has 1 aromatic carbocycles. The summed E-state index contributed by atoms with van der Waals surface area (Å²) in [7, 11) is 0. The third kappa shape index (κ3) is 3.93. The summed E-state index contributed by atoms with van der Waals surface area (Å²) < 4.78 is 5.89. The van der Waals surface area contributed by atoms with Crippen LogP contribution in [0.4, 0.5) is 0 Å². The van der Waals surface area contributed by atoms with Crippen molar-refractivity contribution in [1.29, 1.82) is 0 Å². The molecule has 0 spiro atoms. The van der Waals surface area contributed by atoms with Crippen molar-refractivity contribution in [2.45, 2.75) is 51.2 Å². The topological polar surface area (TPSA) is 41.6 Å². The predicted molar refractivity (Wildman–Crippen MR) is 91.8 cm³/mol. The highest BCUT2D eigenvalue weighted by Crippen LogP contribution is 2.23. The van der Waals surface area contributed by atoms with Gasteiger partial charge in [0.25, 0.3) is 5.91 Å².